The number of hydrogen-bond acceptors (Lipinski definition) is 4. The topological polar surface area (TPSA) is 36.9 Å². The summed E-state index contributed by atoms with van der Waals surface area (Å²) in [5, 5.41) is 4.13. The zero-order valence-electron chi connectivity index (χ0n) is 16.8. The van der Waals surface area contributed by atoms with Crippen LogP contribution in [-0.2, 0) is 15.3 Å². The standard InChI is InChI=1S/C22H25BO4/c1-21(2)22(3,26-27-23(21)4)19-16-10-8-7-9-14(16)13-15-11-12-17(24-5)20(25-6)18(15)19/h7-13H,1-6H3. The SMILES string of the molecule is COc1ccc2cc3ccccc3c(C3(C)OOB(C)C3(C)C)c2c1OC. The molecule has 4 rings (SSSR count). The number of rotatable bonds is 3. The molecule has 1 fully saturated rings. The van der Waals surface area contributed by atoms with Crippen molar-refractivity contribution in [2.45, 2.75) is 38.5 Å². The minimum atomic E-state index is -0.662. The summed E-state index contributed by atoms with van der Waals surface area (Å²) in [7, 11) is 3.34. The lowest BCUT2D eigenvalue weighted by molar-refractivity contribution is -0.273. The van der Waals surface area contributed by atoms with E-state index < -0.39 is 5.60 Å². The molecule has 3 aromatic rings. The smallest absolute Gasteiger partial charge is 0.346 e. The Labute approximate surface area is 160 Å². The lowest BCUT2D eigenvalue weighted by Gasteiger charge is -2.37. The first kappa shape index (κ1) is 18.1. The van der Waals surface area contributed by atoms with Gasteiger partial charge < -0.3 is 14.3 Å². The van der Waals surface area contributed by atoms with Crippen LogP contribution in [0.3, 0.4) is 0 Å². The largest absolute Gasteiger partial charge is 0.493 e. The van der Waals surface area contributed by atoms with Gasteiger partial charge in [0, 0.05) is 16.3 Å². The van der Waals surface area contributed by atoms with Crippen LogP contribution >= 0.6 is 0 Å². The molecule has 4 nitrogen and oxygen atoms in total. The van der Waals surface area contributed by atoms with E-state index in [1.165, 1.54) is 0 Å². The fraction of sp³-hybridized carbons (Fsp3) is 0.364. The van der Waals surface area contributed by atoms with Crippen LogP contribution in [0, 0.1) is 0 Å². The monoisotopic (exact) mass is 364 g/mol. The predicted molar refractivity (Wildman–Crippen MR) is 110 cm³/mol. The second-order valence-electron chi connectivity index (χ2n) is 7.95. The van der Waals surface area contributed by atoms with Gasteiger partial charge in [0.15, 0.2) is 11.5 Å². The van der Waals surface area contributed by atoms with Gasteiger partial charge in [0.25, 0.3) is 0 Å². The highest BCUT2D eigenvalue weighted by atomic mass is 17.2. The molecular weight excluding hydrogens is 339 g/mol. The molecule has 0 spiro atoms. The summed E-state index contributed by atoms with van der Waals surface area (Å²) in [6.45, 7) is 8.48. The van der Waals surface area contributed by atoms with Crippen LogP contribution in [0.1, 0.15) is 26.3 Å². The maximum atomic E-state index is 6.05. The molecule has 0 aliphatic carbocycles. The Kier molecular flexibility index (Phi) is 4.13. The third kappa shape index (κ3) is 2.38. The Balaban J connectivity index is 2.22. The van der Waals surface area contributed by atoms with Crippen LogP contribution in [0.5, 0.6) is 11.5 Å². The van der Waals surface area contributed by atoms with Crippen LogP contribution in [-0.4, -0.2) is 21.1 Å². The first-order valence-corrected chi connectivity index (χ1v) is 9.26. The van der Waals surface area contributed by atoms with Crippen molar-refractivity contribution in [2.75, 3.05) is 14.2 Å². The molecule has 1 saturated heterocycles. The maximum Gasteiger partial charge on any atom is 0.346 e. The van der Waals surface area contributed by atoms with Crippen molar-refractivity contribution in [3.05, 3.63) is 48.0 Å². The third-order valence-corrected chi connectivity index (χ3v) is 6.45. The van der Waals surface area contributed by atoms with Crippen molar-refractivity contribution in [3.63, 3.8) is 0 Å². The highest BCUT2D eigenvalue weighted by Gasteiger charge is 2.58. The second-order valence-corrected chi connectivity index (χ2v) is 7.95. The zero-order valence-corrected chi connectivity index (χ0v) is 16.8. The summed E-state index contributed by atoms with van der Waals surface area (Å²) in [5.41, 5.74) is 0.409. The summed E-state index contributed by atoms with van der Waals surface area (Å²) >= 11 is 0. The molecular formula is C22H25BO4. The summed E-state index contributed by atoms with van der Waals surface area (Å²) in [4.78, 5) is 11.7. The van der Waals surface area contributed by atoms with Crippen LogP contribution < -0.4 is 9.47 Å². The molecule has 1 heterocycles. The van der Waals surface area contributed by atoms with Crippen molar-refractivity contribution in [3.8, 4) is 11.5 Å². The molecule has 27 heavy (non-hydrogen) atoms. The van der Waals surface area contributed by atoms with E-state index in [1.807, 2.05) is 6.07 Å². The molecule has 0 N–H and O–H groups in total. The molecule has 5 heteroatoms. The highest BCUT2D eigenvalue weighted by Crippen LogP contribution is 2.59. The van der Waals surface area contributed by atoms with E-state index in [4.69, 9.17) is 19.2 Å². The Bertz CT molecular complexity index is 1030. The van der Waals surface area contributed by atoms with Crippen LogP contribution in [0.15, 0.2) is 42.5 Å². The van der Waals surface area contributed by atoms with E-state index >= 15 is 0 Å². The van der Waals surface area contributed by atoms with Gasteiger partial charge in [-0.3, -0.25) is 0 Å². The Morgan fingerprint density at radius 2 is 1.67 bits per heavy atom. The van der Waals surface area contributed by atoms with Crippen molar-refractivity contribution < 1.29 is 19.2 Å². The Morgan fingerprint density at radius 3 is 2.30 bits per heavy atom. The predicted octanol–water partition coefficient (Wildman–Crippen LogP) is 5.59. The van der Waals surface area contributed by atoms with Gasteiger partial charge in [-0.1, -0.05) is 51.0 Å². The van der Waals surface area contributed by atoms with Crippen LogP contribution in [0.4, 0.5) is 0 Å². The van der Waals surface area contributed by atoms with Gasteiger partial charge in [-0.15, -0.1) is 0 Å². The van der Waals surface area contributed by atoms with Gasteiger partial charge in [-0.25, -0.2) is 4.89 Å². The molecule has 1 unspecified atom stereocenters. The normalized spacial score (nSPS) is 21.8. The first-order chi connectivity index (χ1) is 12.8. The molecule has 1 atom stereocenters. The van der Waals surface area contributed by atoms with E-state index in [0.717, 1.165) is 32.9 Å². The van der Waals surface area contributed by atoms with Gasteiger partial charge in [0.1, 0.15) is 5.60 Å². The number of methoxy groups -OCH3 is 2. The summed E-state index contributed by atoms with van der Waals surface area (Å²) < 4.78 is 11.4. The van der Waals surface area contributed by atoms with E-state index in [1.54, 1.807) is 14.2 Å². The number of ether oxygens (including phenoxy) is 2. The highest BCUT2D eigenvalue weighted by molar-refractivity contribution is 6.54. The second kappa shape index (κ2) is 6.15. The van der Waals surface area contributed by atoms with Crippen molar-refractivity contribution in [1.29, 1.82) is 0 Å². The third-order valence-electron chi connectivity index (χ3n) is 6.45. The fourth-order valence-corrected chi connectivity index (χ4v) is 4.12. The molecule has 0 saturated carbocycles. The summed E-state index contributed by atoms with van der Waals surface area (Å²) in [6.07, 6.45) is 0. The van der Waals surface area contributed by atoms with E-state index in [2.05, 4.69) is 64.0 Å². The van der Waals surface area contributed by atoms with Gasteiger partial charge in [0.2, 0.25) is 0 Å². The van der Waals surface area contributed by atoms with Gasteiger partial charge in [0.05, 0.1) is 14.2 Å². The van der Waals surface area contributed by atoms with Crippen molar-refractivity contribution >= 4 is 28.5 Å². The van der Waals surface area contributed by atoms with Gasteiger partial charge in [-0.05, 0) is 35.2 Å². The quantitative estimate of drug-likeness (QED) is 0.345. The van der Waals surface area contributed by atoms with E-state index in [0.29, 0.717) is 5.75 Å². The minimum Gasteiger partial charge on any atom is -0.493 e. The molecule has 3 aromatic carbocycles. The maximum absolute atomic E-state index is 6.05. The molecule has 140 valence electrons. The van der Waals surface area contributed by atoms with Gasteiger partial charge >= 0.3 is 6.92 Å². The molecule has 0 aromatic heterocycles. The van der Waals surface area contributed by atoms with Crippen molar-refractivity contribution in [1.82, 2.24) is 0 Å². The average molecular weight is 364 g/mol. The lowest BCUT2D eigenvalue weighted by Crippen LogP contribution is -2.36. The van der Waals surface area contributed by atoms with Crippen molar-refractivity contribution in [2.24, 2.45) is 0 Å². The fourth-order valence-electron chi connectivity index (χ4n) is 4.12. The minimum absolute atomic E-state index is 0.0480. The molecule has 0 bridgehead atoms. The molecule has 0 radical (unpaired) electrons. The lowest BCUT2D eigenvalue weighted by atomic mass is 9.43. The number of benzene rings is 3. The molecule has 0 amide bonds. The zero-order chi connectivity index (χ0) is 19.4. The molecule has 1 aliphatic heterocycles. The Hall–Kier alpha value is -2.24. The van der Waals surface area contributed by atoms with E-state index in [9.17, 15) is 0 Å². The first-order valence-electron chi connectivity index (χ1n) is 9.26. The summed E-state index contributed by atoms with van der Waals surface area (Å²) in [6, 6.07) is 14.6. The van der Waals surface area contributed by atoms with Crippen LogP contribution in [0.25, 0.3) is 21.5 Å². The van der Waals surface area contributed by atoms with Crippen LogP contribution in [0.2, 0.25) is 12.1 Å². The average Bonchev–Trinajstić information content (AvgIpc) is 2.88. The number of hydrogen-bond donors (Lipinski definition) is 0. The Morgan fingerprint density at radius 1 is 0.926 bits per heavy atom. The number of fused-ring (bicyclic) bond motifs is 2. The summed E-state index contributed by atoms with van der Waals surface area (Å²) in [5.74, 6) is 1.42. The van der Waals surface area contributed by atoms with E-state index in [-0.39, 0.29) is 12.2 Å². The van der Waals surface area contributed by atoms with Gasteiger partial charge in [-0.2, -0.15) is 0 Å². The molecule has 1 aliphatic rings.